The van der Waals surface area contributed by atoms with Gasteiger partial charge in [-0.1, -0.05) is 30.3 Å². The van der Waals surface area contributed by atoms with Gasteiger partial charge in [0, 0.05) is 12.2 Å². The zero-order valence-corrected chi connectivity index (χ0v) is 11.3. The second-order valence-electron chi connectivity index (χ2n) is 4.54. The Hall–Kier alpha value is -2.20. The van der Waals surface area contributed by atoms with Crippen LogP contribution in [0.2, 0.25) is 0 Å². The van der Waals surface area contributed by atoms with Crippen molar-refractivity contribution in [2.45, 2.75) is 13.0 Å². The van der Waals surface area contributed by atoms with Crippen LogP contribution in [0.25, 0.3) is 0 Å². The lowest BCUT2D eigenvalue weighted by Crippen LogP contribution is -2.15. The van der Waals surface area contributed by atoms with E-state index in [-0.39, 0.29) is 18.1 Å². The first-order valence-electron chi connectivity index (χ1n) is 6.46. The van der Waals surface area contributed by atoms with Gasteiger partial charge in [0.2, 0.25) is 5.91 Å². The molecule has 1 amide bonds. The molecule has 2 N–H and O–H groups in total. The number of halogens is 1. The van der Waals surface area contributed by atoms with E-state index in [0.717, 1.165) is 12.1 Å². The third kappa shape index (κ3) is 3.90. The predicted octanol–water partition coefficient (Wildman–Crippen LogP) is 2.73. The van der Waals surface area contributed by atoms with Crippen molar-refractivity contribution in [3.63, 3.8) is 0 Å². The summed E-state index contributed by atoms with van der Waals surface area (Å²) >= 11 is 0. The topological polar surface area (TPSA) is 41.1 Å². The van der Waals surface area contributed by atoms with Crippen molar-refractivity contribution in [2.75, 3.05) is 12.4 Å². The largest absolute Gasteiger partial charge is 0.326 e. The molecule has 0 aliphatic carbocycles. The summed E-state index contributed by atoms with van der Waals surface area (Å²) in [7, 11) is 1.88. The molecule has 0 bridgehead atoms. The molecule has 0 aromatic heterocycles. The molecule has 0 heterocycles. The Labute approximate surface area is 117 Å². The molecule has 0 saturated heterocycles. The van der Waals surface area contributed by atoms with E-state index >= 15 is 0 Å². The van der Waals surface area contributed by atoms with Crippen LogP contribution in [0.4, 0.5) is 10.1 Å². The molecule has 20 heavy (non-hydrogen) atoms. The van der Waals surface area contributed by atoms with Gasteiger partial charge in [-0.15, -0.1) is 0 Å². The predicted molar refractivity (Wildman–Crippen MR) is 77.9 cm³/mol. The lowest BCUT2D eigenvalue weighted by atomic mass is 10.1. The van der Waals surface area contributed by atoms with Crippen LogP contribution >= 0.6 is 0 Å². The standard InChI is InChI=1S/C16H17FN2O/c1-18-11-12-6-8-14(9-7-12)19-16(20)10-13-4-2-3-5-15(13)17/h2-9,18H,10-11H2,1H3,(H,19,20). The van der Waals surface area contributed by atoms with E-state index in [2.05, 4.69) is 10.6 Å². The first-order chi connectivity index (χ1) is 9.69. The summed E-state index contributed by atoms with van der Waals surface area (Å²) in [6.07, 6.45) is 0.0327. The molecule has 0 fully saturated rings. The minimum absolute atomic E-state index is 0.0327. The molecule has 104 valence electrons. The molecule has 3 nitrogen and oxygen atoms in total. The molecular formula is C16H17FN2O. The van der Waals surface area contributed by atoms with Gasteiger partial charge in [0.15, 0.2) is 0 Å². The monoisotopic (exact) mass is 272 g/mol. The number of amides is 1. The highest BCUT2D eigenvalue weighted by Gasteiger charge is 2.07. The Bertz CT molecular complexity index is 581. The maximum absolute atomic E-state index is 13.4. The van der Waals surface area contributed by atoms with Gasteiger partial charge in [-0.25, -0.2) is 4.39 Å². The molecule has 0 aliphatic rings. The molecule has 0 unspecified atom stereocenters. The number of nitrogens with one attached hydrogen (secondary N) is 2. The van der Waals surface area contributed by atoms with Crippen LogP contribution in [0.1, 0.15) is 11.1 Å². The minimum atomic E-state index is -0.355. The molecule has 0 radical (unpaired) electrons. The molecule has 0 aliphatic heterocycles. The molecule has 0 atom stereocenters. The second kappa shape index (κ2) is 6.82. The van der Waals surface area contributed by atoms with Gasteiger partial charge >= 0.3 is 0 Å². The Kier molecular flexibility index (Phi) is 4.85. The van der Waals surface area contributed by atoms with Gasteiger partial charge < -0.3 is 10.6 Å². The Morgan fingerprint density at radius 1 is 1.10 bits per heavy atom. The fraction of sp³-hybridized carbons (Fsp3) is 0.188. The molecule has 2 aromatic rings. The average molecular weight is 272 g/mol. The van der Waals surface area contributed by atoms with Crippen LogP contribution in [0.15, 0.2) is 48.5 Å². The molecule has 4 heteroatoms. The van der Waals surface area contributed by atoms with E-state index in [0.29, 0.717) is 11.3 Å². The molecule has 0 spiro atoms. The van der Waals surface area contributed by atoms with E-state index in [1.54, 1.807) is 18.2 Å². The van der Waals surface area contributed by atoms with Crippen molar-refractivity contribution in [3.8, 4) is 0 Å². The van der Waals surface area contributed by atoms with E-state index in [1.165, 1.54) is 6.07 Å². The highest BCUT2D eigenvalue weighted by molar-refractivity contribution is 5.92. The van der Waals surface area contributed by atoms with Crippen LogP contribution in [0.3, 0.4) is 0 Å². The van der Waals surface area contributed by atoms with Crippen LogP contribution in [0, 0.1) is 5.82 Å². The fourth-order valence-corrected chi connectivity index (χ4v) is 1.93. The SMILES string of the molecule is CNCc1ccc(NC(=O)Cc2ccccc2F)cc1. The minimum Gasteiger partial charge on any atom is -0.326 e. The summed E-state index contributed by atoms with van der Waals surface area (Å²) in [5.41, 5.74) is 2.25. The van der Waals surface area contributed by atoms with E-state index in [1.807, 2.05) is 31.3 Å². The van der Waals surface area contributed by atoms with Crippen molar-refractivity contribution in [1.82, 2.24) is 5.32 Å². The number of benzene rings is 2. The summed E-state index contributed by atoms with van der Waals surface area (Å²) in [5.74, 6) is -0.580. The smallest absolute Gasteiger partial charge is 0.228 e. The zero-order valence-electron chi connectivity index (χ0n) is 11.3. The molecular weight excluding hydrogens is 255 g/mol. The lowest BCUT2D eigenvalue weighted by Gasteiger charge is -2.07. The van der Waals surface area contributed by atoms with Crippen LogP contribution in [-0.2, 0) is 17.8 Å². The van der Waals surface area contributed by atoms with E-state index in [4.69, 9.17) is 0 Å². The normalized spacial score (nSPS) is 10.3. The Balaban J connectivity index is 1.96. The van der Waals surface area contributed by atoms with Crippen molar-refractivity contribution in [2.24, 2.45) is 0 Å². The Morgan fingerprint density at radius 3 is 2.45 bits per heavy atom. The van der Waals surface area contributed by atoms with Crippen molar-refractivity contribution in [1.29, 1.82) is 0 Å². The van der Waals surface area contributed by atoms with Crippen molar-refractivity contribution >= 4 is 11.6 Å². The van der Waals surface area contributed by atoms with Gasteiger partial charge in [-0.3, -0.25) is 4.79 Å². The third-order valence-corrected chi connectivity index (χ3v) is 2.93. The first kappa shape index (κ1) is 14.2. The number of rotatable bonds is 5. The van der Waals surface area contributed by atoms with Gasteiger partial charge in [0.25, 0.3) is 0 Å². The molecule has 0 saturated carbocycles. The summed E-state index contributed by atoms with van der Waals surface area (Å²) in [4.78, 5) is 11.9. The quantitative estimate of drug-likeness (QED) is 0.878. The number of carbonyl (C=O) groups excluding carboxylic acids is 1. The van der Waals surface area contributed by atoms with E-state index in [9.17, 15) is 9.18 Å². The number of hydrogen-bond acceptors (Lipinski definition) is 2. The maximum atomic E-state index is 13.4. The molecule has 2 rings (SSSR count). The average Bonchev–Trinajstić information content (AvgIpc) is 2.44. The van der Waals surface area contributed by atoms with Gasteiger partial charge in [0.05, 0.1) is 6.42 Å². The highest BCUT2D eigenvalue weighted by atomic mass is 19.1. The summed E-state index contributed by atoms with van der Waals surface area (Å²) < 4.78 is 13.4. The lowest BCUT2D eigenvalue weighted by molar-refractivity contribution is -0.115. The third-order valence-electron chi connectivity index (χ3n) is 2.93. The van der Waals surface area contributed by atoms with E-state index < -0.39 is 0 Å². The molecule has 2 aromatic carbocycles. The van der Waals surface area contributed by atoms with Gasteiger partial charge in [-0.2, -0.15) is 0 Å². The van der Waals surface area contributed by atoms with Crippen LogP contribution < -0.4 is 10.6 Å². The number of hydrogen-bond donors (Lipinski definition) is 2. The van der Waals surface area contributed by atoms with Crippen LogP contribution in [0.5, 0.6) is 0 Å². The summed E-state index contributed by atoms with van der Waals surface area (Å²) in [5, 5.41) is 5.82. The zero-order chi connectivity index (χ0) is 14.4. The summed E-state index contributed by atoms with van der Waals surface area (Å²) in [6.45, 7) is 0.781. The van der Waals surface area contributed by atoms with Gasteiger partial charge in [0.1, 0.15) is 5.82 Å². The van der Waals surface area contributed by atoms with Crippen LogP contribution in [-0.4, -0.2) is 13.0 Å². The van der Waals surface area contributed by atoms with Crippen molar-refractivity contribution in [3.05, 3.63) is 65.5 Å². The Morgan fingerprint density at radius 2 is 1.80 bits per heavy atom. The van der Waals surface area contributed by atoms with Gasteiger partial charge in [-0.05, 0) is 36.4 Å². The fourth-order valence-electron chi connectivity index (χ4n) is 1.93. The number of carbonyl (C=O) groups is 1. The number of anilines is 1. The van der Waals surface area contributed by atoms with Crippen molar-refractivity contribution < 1.29 is 9.18 Å². The highest BCUT2D eigenvalue weighted by Crippen LogP contribution is 2.12. The summed E-state index contributed by atoms with van der Waals surface area (Å²) in [6, 6.07) is 13.9. The first-order valence-corrected chi connectivity index (χ1v) is 6.46. The maximum Gasteiger partial charge on any atom is 0.228 e. The second-order valence-corrected chi connectivity index (χ2v) is 4.54.